The van der Waals surface area contributed by atoms with Gasteiger partial charge in [-0.3, -0.25) is 0 Å². The number of ether oxygens (including phenoxy) is 2. The van der Waals surface area contributed by atoms with E-state index >= 15 is 0 Å². The molecule has 1 unspecified atom stereocenters. The number of halogens is 2. The van der Waals surface area contributed by atoms with Gasteiger partial charge in [0.2, 0.25) is 11.6 Å². The first-order chi connectivity index (χ1) is 16.7. The topological polar surface area (TPSA) is 18.5 Å². The molecule has 34 heavy (non-hydrogen) atoms. The second-order valence-corrected chi connectivity index (χ2v) is 11.6. The first-order valence-electron chi connectivity index (χ1n) is 14.1. The quantitative estimate of drug-likeness (QED) is 0.317. The summed E-state index contributed by atoms with van der Waals surface area (Å²) in [6.07, 6.45) is 21.8. The molecule has 0 radical (unpaired) electrons. The van der Waals surface area contributed by atoms with Crippen molar-refractivity contribution in [1.29, 1.82) is 0 Å². The summed E-state index contributed by atoms with van der Waals surface area (Å²) < 4.78 is 40.3. The van der Waals surface area contributed by atoms with Crippen molar-refractivity contribution >= 4 is 0 Å². The third-order valence-corrected chi connectivity index (χ3v) is 9.16. The van der Waals surface area contributed by atoms with E-state index in [1.54, 1.807) is 0 Å². The molecule has 4 heteroatoms. The molecule has 4 aliphatic rings. The van der Waals surface area contributed by atoms with E-state index in [2.05, 4.69) is 6.08 Å². The van der Waals surface area contributed by atoms with Crippen molar-refractivity contribution in [2.75, 3.05) is 13.2 Å². The summed E-state index contributed by atoms with van der Waals surface area (Å²) in [5, 5.41) is 0. The fourth-order valence-corrected chi connectivity index (χ4v) is 6.59. The van der Waals surface area contributed by atoms with Gasteiger partial charge in [0.15, 0.2) is 11.5 Å². The van der Waals surface area contributed by atoms with E-state index in [9.17, 15) is 8.78 Å². The minimum atomic E-state index is -0.934. The Labute approximate surface area is 204 Å². The number of hydrogen-bond acceptors (Lipinski definition) is 2. The molecule has 1 atom stereocenters. The molecule has 1 aromatic carbocycles. The van der Waals surface area contributed by atoms with Gasteiger partial charge in [0.05, 0.1) is 6.61 Å². The van der Waals surface area contributed by atoms with E-state index in [4.69, 9.17) is 9.47 Å². The van der Waals surface area contributed by atoms with Gasteiger partial charge < -0.3 is 9.47 Å². The molecule has 3 saturated carbocycles. The van der Waals surface area contributed by atoms with Crippen molar-refractivity contribution in [2.45, 2.75) is 96.3 Å². The molecule has 1 aromatic rings. The lowest BCUT2D eigenvalue weighted by Gasteiger charge is -2.35. The van der Waals surface area contributed by atoms with E-state index in [0.29, 0.717) is 19.1 Å². The van der Waals surface area contributed by atoms with Gasteiger partial charge in [-0.2, -0.15) is 8.78 Å². The minimum Gasteiger partial charge on any atom is -0.490 e. The predicted octanol–water partition coefficient (Wildman–Crippen LogP) is 8.64. The van der Waals surface area contributed by atoms with Crippen LogP contribution >= 0.6 is 0 Å². The van der Waals surface area contributed by atoms with Crippen LogP contribution in [0.25, 0.3) is 0 Å². The summed E-state index contributed by atoms with van der Waals surface area (Å²) in [5.74, 6) is 2.30. The van der Waals surface area contributed by atoms with Crippen LogP contribution in [0.5, 0.6) is 11.5 Å². The predicted molar refractivity (Wildman–Crippen MR) is 132 cm³/mol. The van der Waals surface area contributed by atoms with Gasteiger partial charge in [0, 0.05) is 0 Å². The third-order valence-electron chi connectivity index (χ3n) is 9.16. The van der Waals surface area contributed by atoms with Crippen LogP contribution in [0.15, 0.2) is 23.8 Å². The maximum atomic E-state index is 14.6. The maximum absolute atomic E-state index is 14.6. The number of rotatable bonds is 10. The molecule has 4 aliphatic carbocycles. The van der Waals surface area contributed by atoms with Gasteiger partial charge in [0.25, 0.3) is 0 Å². The lowest BCUT2D eigenvalue weighted by atomic mass is 9.70. The molecule has 0 bridgehead atoms. The molecule has 3 fully saturated rings. The smallest absolute Gasteiger partial charge is 0.204 e. The molecule has 5 rings (SSSR count). The average Bonchev–Trinajstić information content (AvgIpc) is 3.56. The van der Waals surface area contributed by atoms with Gasteiger partial charge >= 0.3 is 0 Å². The summed E-state index contributed by atoms with van der Waals surface area (Å²) in [4.78, 5) is 0. The normalized spacial score (nSPS) is 28.1. The second-order valence-electron chi connectivity index (χ2n) is 11.6. The van der Waals surface area contributed by atoms with E-state index in [-0.39, 0.29) is 11.5 Å². The van der Waals surface area contributed by atoms with E-state index in [1.807, 2.05) is 0 Å². The zero-order valence-corrected chi connectivity index (χ0v) is 20.7. The Morgan fingerprint density at radius 2 is 1.29 bits per heavy atom. The van der Waals surface area contributed by atoms with Gasteiger partial charge in [-0.25, -0.2) is 0 Å². The summed E-state index contributed by atoms with van der Waals surface area (Å²) in [6.45, 7) is 0.812. The molecule has 0 heterocycles. The van der Waals surface area contributed by atoms with Crippen LogP contribution in [0.1, 0.15) is 96.3 Å². The maximum Gasteiger partial charge on any atom is 0.204 e. The van der Waals surface area contributed by atoms with Crippen molar-refractivity contribution in [1.82, 2.24) is 0 Å². The van der Waals surface area contributed by atoms with Crippen LogP contribution in [0.3, 0.4) is 0 Å². The van der Waals surface area contributed by atoms with Gasteiger partial charge in [-0.15, -0.1) is 0 Å². The standard InChI is InChI=1S/C30H42F2O2/c31-29-27(33-19-23-3-1-2-4-23)17-18-28(30(29)32)34-20-24-11-15-26(16-12-24)25-13-9-22(10-14-25)8-7-21-5-6-21/h11,17-18,21-23,25-26H,1-10,12-16,19-20H2. The zero-order valence-electron chi connectivity index (χ0n) is 20.7. The number of allylic oxidation sites excluding steroid dienone is 1. The fraction of sp³-hybridized carbons (Fsp3) is 0.733. The fourth-order valence-electron chi connectivity index (χ4n) is 6.59. The zero-order chi connectivity index (χ0) is 23.3. The minimum absolute atomic E-state index is 0.00117. The van der Waals surface area contributed by atoms with Crippen molar-refractivity contribution in [3.8, 4) is 11.5 Å². The lowest BCUT2D eigenvalue weighted by molar-refractivity contribution is 0.182. The largest absolute Gasteiger partial charge is 0.490 e. The molecule has 0 aromatic heterocycles. The van der Waals surface area contributed by atoms with Gasteiger partial charge in [0.1, 0.15) is 6.61 Å². The molecule has 2 nitrogen and oxygen atoms in total. The second kappa shape index (κ2) is 11.4. The molecule has 188 valence electrons. The van der Waals surface area contributed by atoms with Crippen molar-refractivity contribution in [3.63, 3.8) is 0 Å². The Bertz CT molecular complexity index is 832. The Balaban J connectivity index is 1.05. The summed E-state index contributed by atoms with van der Waals surface area (Å²) in [6, 6.07) is 3.02. The highest BCUT2D eigenvalue weighted by molar-refractivity contribution is 5.35. The Kier molecular flexibility index (Phi) is 8.12. The van der Waals surface area contributed by atoms with Gasteiger partial charge in [-0.05, 0) is 92.2 Å². The lowest BCUT2D eigenvalue weighted by Crippen LogP contribution is -2.24. The molecule has 0 saturated heterocycles. The highest BCUT2D eigenvalue weighted by Crippen LogP contribution is 2.43. The van der Waals surface area contributed by atoms with E-state index in [0.717, 1.165) is 49.4 Å². The Morgan fingerprint density at radius 1 is 0.676 bits per heavy atom. The highest BCUT2D eigenvalue weighted by atomic mass is 19.2. The first kappa shape index (κ1) is 24.1. The molecule has 0 aliphatic heterocycles. The molecule has 0 amide bonds. The van der Waals surface area contributed by atoms with Crippen LogP contribution in [-0.4, -0.2) is 13.2 Å². The Morgan fingerprint density at radius 3 is 1.88 bits per heavy atom. The molecule has 0 N–H and O–H groups in total. The van der Waals surface area contributed by atoms with Crippen LogP contribution in [0.2, 0.25) is 0 Å². The summed E-state index contributed by atoms with van der Waals surface area (Å²) in [7, 11) is 0. The van der Waals surface area contributed by atoms with Crippen LogP contribution < -0.4 is 9.47 Å². The van der Waals surface area contributed by atoms with E-state index in [1.165, 1.54) is 88.3 Å². The SMILES string of the molecule is Fc1c(OCC2=CCC(C3CCC(CCC4CC4)CC3)CC2)ccc(OCC2CCCC2)c1F. The summed E-state index contributed by atoms with van der Waals surface area (Å²) >= 11 is 0. The van der Waals surface area contributed by atoms with Crippen LogP contribution in [0, 0.1) is 41.2 Å². The summed E-state index contributed by atoms with van der Waals surface area (Å²) in [5.41, 5.74) is 1.22. The number of hydrogen-bond donors (Lipinski definition) is 0. The molecular formula is C30H42F2O2. The molecule has 0 spiro atoms. The number of benzene rings is 1. The Hall–Kier alpha value is -1.58. The third kappa shape index (κ3) is 6.34. The van der Waals surface area contributed by atoms with Crippen LogP contribution in [0.4, 0.5) is 8.78 Å². The molecular weight excluding hydrogens is 430 g/mol. The highest BCUT2D eigenvalue weighted by Gasteiger charge is 2.30. The van der Waals surface area contributed by atoms with Crippen molar-refractivity contribution < 1.29 is 18.3 Å². The van der Waals surface area contributed by atoms with Crippen molar-refractivity contribution in [3.05, 3.63) is 35.4 Å². The van der Waals surface area contributed by atoms with Gasteiger partial charge in [-0.1, -0.05) is 57.4 Å². The van der Waals surface area contributed by atoms with E-state index < -0.39 is 11.6 Å². The van der Waals surface area contributed by atoms with Crippen LogP contribution in [-0.2, 0) is 0 Å². The van der Waals surface area contributed by atoms with Crippen molar-refractivity contribution in [2.24, 2.45) is 29.6 Å². The average molecular weight is 473 g/mol. The first-order valence-corrected chi connectivity index (χ1v) is 14.1. The monoisotopic (exact) mass is 472 g/mol.